The van der Waals surface area contributed by atoms with E-state index in [0.717, 1.165) is 13.0 Å². The fourth-order valence-electron chi connectivity index (χ4n) is 2.09. The van der Waals surface area contributed by atoms with Gasteiger partial charge in [-0.3, -0.25) is 0 Å². The second-order valence-electron chi connectivity index (χ2n) is 6.71. The summed E-state index contributed by atoms with van der Waals surface area (Å²) in [5.74, 6) is 0. The van der Waals surface area contributed by atoms with Crippen molar-refractivity contribution in [3.63, 3.8) is 0 Å². The van der Waals surface area contributed by atoms with E-state index < -0.39 is 0 Å². The van der Waals surface area contributed by atoms with Gasteiger partial charge in [0.1, 0.15) is 0 Å². The molecule has 0 fully saturated rings. The van der Waals surface area contributed by atoms with Crippen molar-refractivity contribution in [2.45, 2.75) is 91.1 Å². The number of rotatable bonds is 17. The van der Waals surface area contributed by atoms with Crippen molar-refractivity contribution >= 4 is 0 Å². The lowest BCUT2D eigenvalue weighted by atomic mass is 10.2. The van der Waals surface area contributed by atoms with E-state index in [0.29, 0.717) is 19.8 Å². The molecule has 0 radical (unpaired) electrons. The Bertz CT molecular complexity index is 262. The summed E-state index contributed by atoms with van der Waals surface area (Å²) >= 11 is 0. The van der Waals surface area contributed by atoms with E-state index in [2.05, 4.69) is 6.92 Å². The van der Waals surface area contributed by atoms with Gasteiger partial charge in [0, 0.05) is 6.61 Å². The molecule has 0 aromatic rings. The number of hydrogen-bond acceptors (Lipinski definition) is 5. The van der Waals surface area contributed by atoms with Gasteiger partial charge in [0.05, 0.1) is 50.8 Å². The molecule has 0 aliphatic heterocycles. The lowest BCUT2D eigenvalue weighted by Crippen LogP contribution is -2.28. The smallest absolute Gasteiger partial charge is 0.0781 e. The number of ether oxygens (including phenoxy) is 4. The monoisotopic (exact) mass is 348 g/mol. The molecule has 0 heterocycles. The van der Waals surface area contributed by atoms with Gasteiger partial charge in [-0.25, -0.2) is 0 Å². The Hall–Kier alpha value is -0.200. The van der Waals surface area contributed by atoms with Gasteiger partial charge in [0.2, 0.25) is 0 Å². The molecule has 4 atom stereocenters. The van der Waals surface area contributed by atoms with Crippen molar-refractivity contribution in [1.29, 1.82) is 0 Å². The maximum absolute atomic E-state index is 8.91. The fourth-order valence-corrected chi connectivity index (χ4v) is 2.09. The van der Waals surface area contributed by atoms with Gasteiger partial charge in [0.25, 0.3) is 0 Å². The third kappa shape index (κ3) is 15.3. The van der Waals surface area contributed by atoms with E-state index in [-0.39, 0.29) is 31.0 Å². The van der Waals surface area contributed by atoms with Crippen LogP contribution in [0.25, 0.3) is 0 Å². The molecule has 0 bridgehead atoms. The summed E-state index contributed by atoms with van der Waals surface area (Å²) in [6.45, 7) is 12.5. The van der Waals surface area contributed by atoms with E-state index >= 15 is 0 Å². The van der Waals surface area contributed by atoms with Crippen LogP contribution in [0.2, 0.25) is 0 Å². The topological polar surface area (TPSA) is 57.2 Å². The zero-order valence-electron chi connectivity index (χ0n) is 16.5. The normalized spacial score (nSPS) is 16.8. The second kappa shape index (κ2) is 16.3. The number of aliphatic hydroxyl groups is 1. The van der Waals surface area contributed by atoms with Crippen LogP contribution in [0.3, 0.4) is 0 Å². The van der Waals surface area contributed by atoms with Crippen LogP contribution >= 0.6 is 0 Å². The summed E-state index contributed by atoms with van der Waals surface area (Å²) in [5, 5.41) is 8.91. The van der Waals surface area contributed by atoms with Crippen molar-refractivity contribution in [1.82, 2.24) is 0 Å². The van der Waals surface area contributed by atoms with Crippen LogP contribution in [0.5, 0.6) is 0 Å². The molecule has 5 nitrogen and oxygen atoms in total. The molecule has 146 valence electrons. The quantitative estimate of drug-likeness (QED) is 0.407. The Kier molecular flexibility index (Phi) is 16.1. The molecule has 0 aromatic heterocycles. The predicted molar refractivity (Wildman–Crippen MR) is 97.5 cm³/mol. The largest absolute Gasteiger partial charge is 0.394 e. The number of unbranched alkanes of at least 4 members (excludes halogenated alkanes) is 4. The van der Waals surface area contributed by atoms with Gasteiger partial charge in [0.15, 0.2) is 0 Å². The Labute approximate surface area is 149 Å². The van der Waals surface area contributed by atoms with E-state index in [9.17, 15) is 0 Å². The Morgan fingerprint density at radius 3 is 1.58 bits per heavy atom. The SMILES string of the molecule is CCCCCCCOC(C)COC(C)COC(C)COC(C)CO. The van der Waals surface area contributed by atoms with Crippen molar-refractivity contribution < 1.29 is 24.1 Å². The molecular weight excluding hydrogens is 308 g/mol. The minimum absolute atomic E-state index is 0.0122. The van der Waals surface area contributed by atoms with Crippen molar-refractivity contribution in [3.05, 3.63) is 0 Å². The van der Waals surface area contributed by atoms with Crippen LogP contribution in [0, 0.1) is 0 Å². The first kappa shape index (κ1) is 23.8. The van der Waals surface area contributed by atoms with Crippen LogP contribution < -0.4 is 0 Å². The van der Waals surface area contributed by atoms with Crippen LogP contribution in [0.1, 0.15) is 66.7 Å². The third-order valence-corrected chi connectivity index (χ3v) is 3.75. The van der Waals surface area contributed by atoms with E-state index in [1.807, 2.05) is 27.7 Å². The molecular formula is C19H40O5. The second-order valence-corrected chi connectivity index (χ2v) is 6.71. The molecule has 0 amide bonds. The molecule has 5 heteroatoms. The molecule has 0 spiro atoms. The lowest BCUT2D eigenvalue weighted by Gasteiger charge is -2.21. The Morgan fingerprint density at radius 2 is 1.08 bits per heavy atom. The average molecular weight is 349 g/mol. The molecule has 24 heavy (non-hydrogen) atoms. The minimum atomic E-state index is -0.148. The first-order valence-electron chi connectivity index (χ1n) is 9.56. The Morgan fingerprint density at radius 1 is 0.625 bits per heavy atom. The van der Waals surface area contributed by atoms with Gasteiger partial charge < -0.3 is 24.1 Å². The maximum atomic E-state index is 8.91. The highest BCUT2D eigenvalue weighted by Gasteiger charge is 2.11. The highest BCUT2D eigenvalue weighted by Crippen LogP contribution is 2.05. The summed E-state index contributed by atoms with van der Waals surface area (Å²) in [6.07, 6.45) is 6.26. The number of aliphatic hydroxyl groups excluding tert-OH is 1. The highest BCUT2D eigenvalue weighted by atomic mass is 16.6. The first-order valence-corrected chi connectivity index (χ1v) is 9.56. The van der Waals surface area contributed by atoms with Gasteiger partial charge in [-0.05, 0) is 34.1 Å². The summed E-state index contributed by atoms with van der Waals surface area (Å²) < 4.78 is 22.7. The molecule has 4 unspecified atom stereocenters. The van der Waals surface area contributed by atoms with Crippen LogP contribution in [-0.2, 0) is 18.9 Å². The standard InChI is InChI=1S/C19H40O5/c1-6-7-8-9-10-11-21-17(3)13-23-19(5)15-24-18(4)14-22-16(2)12-20/h16-20H,6-15H2,1-5H3. The Balaban J connectivity index is 3.54. The maximum Gasteiger partial charge on any atom is 0.0781 e. The molecule has 1 N–H and O–H groups in total. The molecule has 0 saturated heterocycles. The third-order valence-electron chi connectivity index (χ3n) is 3.75. The lowest BCUT2D eigenvalue weighted by molar-refractivity contribution is -0.0891. The van der Waals surface area contributed by atoms with Crippen molar-refractivity contribution in [2.24, 2.45) is 0 Å². The molecule has 0 saturated carbocycles. The molecule has 0 aliphatic carbocycles. The fraction of sp³-hybridized carbons (Fsp3) is 1.00. The minimum Gasteiger partial charge on any atom is -0.394 e. The highest BCUT2D eigenvalue weighted by molar-refractivity contribution is 4.56. The van der Waals surface area contributed by atoms with Gasteiger partial charge in [-0.15, -0.1) is 0 Å². The average Bonchev–Trinajstić information content (AvgIpc) is 2.58. The van der Waals surface area contributed by atoms with E-state index in [1.54, 1.807) is 0 Å². The summed E-state index contributed by atoms with van der Waals surface area (Å²) in [6, 6.07) is 0. The van der Waals surface area contributed by atoms with Gasteiger partial charge in [-0.2, -0.15) is 0 Å². The summed E-state index contributed by atoms with van der Waals surface area (Å²) in [5.41, 5.74) is 0. The summed E-state index contributed by atoms with van der Waals surface area (Å²) in [7, 11) is 0. The summed E-state index contributed by atoms with van der Waals surface area (Å²) in [4.78, 5) is 0. The molecule has 0 aliphatic rings. The van der Waals surface area contributed by atoms with Crippen LogP contribution in [0.15, 0.2) is 0 Å². The van der Waals surface area contributed by atoms with Crippen LogP contribution in [-0.4, -0.2) is 62.6 Å². The van der Waals surface area contributed by atoms with Crippen molar-refractivity contribution in [2.75, 3.05) is 33.0 Å². The molecule has 0 rings (SSSR count). The number of hydrogen-bond donors (Lipinski definition) is 1. The van der Waals surface area contributed by atoms with Crippen molar-refractivity contribution in [3.8, 4) is 0 Å². The van der Waals surface area contributed by atoms with E-state index in [1.165, 1.54) is 25.7 Å². The zero-order valence-corrected chi connectivity index (χ0v) is 16.5. The zero-order chi connectivity index (χ0) is 18.2. The molecule has 0 aromatic carbocycles. The van der Waals surface area contributed by atoms with E-state index in [4.69, 9.17) is 24.1 Å². The van der Waals surface area contributed by atoms with Crippen LogP contribution in [0.4, 0.5) is 0 Å². The first-order chi connectivity index (χ1) is 11.5. The predicted octanol–water partition coefficient (Wildman–Crippen LogP) is 3.57. The van der Waals surface area contributed by atoms with Gasteiger partial charge in [-0.1, -0.05) is 32.6 Å². The van der Waals surface area contributed by atoms with Gasteiger partial charge >= 0.3 is 0 Å².